The van der Waals surface area contributed by atoms with Crippen LogP contribution in [0, 0.1) is 38.5 Å². The molecule has 0 aromatic carbocycles. The number of tetrazole rings is 5. The molecule has 6 amide bonds. The summed E-state index contributed by atoms with van der Waals surface area (Å²) in [6.07, 6.45) is 0.360. The number of aromatic nitrogens is 23. The molecule has 1 unspecified atom stereocenters. The van der Waals surface area contributed by atoms with Crippen LogP contribution in [0.25, 0.3) is 0 Å². The fourth-order valence-electron chi connectivity index (χ4n) is 3.45. The van der Waals surface area contributed by atoms with Crippen LogP contribution in [0.3, 0.4) is 0 Å². The first kappa shape index (κ1) is 54.6. The van der Waals surface area contributed by atoms with Gasteiger partial charge in [0.1, 0.15) is 23.1 Å². The number of H-pyrrole nitrogens is 6. The Morgan fingerprint density at radius 2 is 1.30 bits per heavy atom. The number of aliphatic imine (C=N–C) groups is 1. The number of nitrogens with zero attached hydrogens (tertiary/aromatic N) is 20. The van der Waals surface area contributed by atoms with E-state index in [0.717, 1.165) is 16.3 Å². The topological polar surface area (TPSA) is 509 Å². The van der Waals surface area contributed by atoms with Crippen molar-refractivity contribution in [1.29, 1.82) is 0 Å². The van der Waals surface area contributed by atoms with Crippen LogP contribution < -0.4 is 27.1 Å². The minimum absolute atomic E-state index is 0.109. The summed E-state index contributed by atoms with van der Waals surface area (Å²) in [5.41, 5.74) is 2.15. The molecule has 38 nitrogen and oxygen atoms in total. The Kier molecular flexibility index (Phi) is 24.6. The molecule has 2 saturated heterocycles. The highest BCUT2D eigenvalue weighted by atomic mass is 16.3. The number of nitroso groups, excluding NO2 is 1. The Morgan fingerprint density at radius 1 is 0.712 bits per heavy atom. The van der Waals surface area contributed by atoms with Crippen LogP contribution in [0.4, 0.5) is 10.7 Å². The maximum absolute atomic E-state index is 10.5. The van der Waals surface area contributed by atoms with E-state index in [1.807, 2.05) is 13.8 Å². The summed E-state index contributed by atoms with van der Waals surface area (Å²) in [6.45, 7) is 13.9. The number of aromatic amines is 6. The van der Waals surface area contributed by atoms with E-state index in [9.17, 15) is 38.5 Å². The van der Waals surface area contributed by atoms with Crippen LogP contribution in [0.2, 0.25) is 0 Å². The van der Waals surface area contributed by atoms with Gasteiger partial charge in [-0.25, -0.2) is 19.7 Å². The molecule has 0 spiro atoms. The number of rotatable bonds is 2. The molecule has 66 heavy (non-hydrogen) atoms. The predicted molar refractivity (Wildman–Crippen MR) is 216 cm³/mol. The average molecular weight is 932 g/mol. The second-order valence-corrected chi connectivity index (χ2v) is 12.3. The van der Waals surface area contributed by atoms with Gasteiger partial charge in [-0.3, -0.25) is 45.0 Å². The highest BCUT2D eigenvalue weighted by Crippen LogP contribution is 2.07. The molecule has 10 N–H and O–H groups in total. The van der Waals surface area contributed by atoms with Crippen LogP contribution in [0.15, 0.2) is 9.79 Å². The van der Waals surface area contributed by atoms with Gasteiger partial charge in [-0.1, -0.05) is 22.4 Å². The number of aryl methyl sites for hydroxylation is 5. The van der Waals surface area contributed by atoms with E-state index >= 15 is 0 Å². The van der Waals surface area contributed by atoms with Crippen LogP contribution in [-0.4, -0.2) is 189 Å². The van der Waals surface area contributed by atoms with Gasteiger partial charge in [0.25, 0.3) is 5.95 Å². The number of urea groups is 1. The van der Waals surface area contributed by atoms with E-state index in [-0.39, 0.29) is 72.0 Å². The number of likely N-dealkylation sites (N-methyl/N-ethyl adjacent to an activating group) is 1. The Labute approximate surface area is 369 Å². The number of carbonyl (C=O) groups is 6. The fraction of sp³-hybridized carbons (Fsp3) is 0.500. The Balaban J connectivity index is 0.000000372. The van der Waals surface area contributed by atoms with Gasteiger partial charge in [-0.15, -0.1) is 41.1 Å². The molecule has 0 aliphatic carbocycles. The van der Waals surface area contributed by atoms with Gasteiger partial charge in [-0.05, 0) is 55.5 Å². The minimum atomic E-state index is -0.310. The summed E-state index contributed by atoms with van der Waals surface area (Å²) < 4.78 is 1.11. The fourth-order valence-corrected chi connectivity index (χ4v) is 3.45. The van der Waals surface area contributed by atoms with Crippen molar-refractivity contribution >= 4 is 47.2 Å². The Morgan fingerprint density at radius 3 is 1.48 bits per heavy atom. The lowest BCUT2D eigenvalue weighted by Gasteiger charge is -1.99. The van der Waals surface area contributed by atoms with Crippen molar-refractivity contribution in [3.8, 4) is 0 Å². The van der Waals surface area contributed by atoms with Crippen molar-refractivity contribution in [2.75, 3.05) is 25.6 Å². The summed E-state index contributed by atoms with van der Waals surface area (Å²) in [5, 5.41) is 71.7. The van der Waals surface area contributed by atoms with Crippen molar-refractivity contribution in [3.63, 3.8) is 0 Å². The van der Waals surface area contributed by atoms with Gasteiger partial charge in [0, 0.05) is 40.3 Å². The molecule has 9 heterocycles. The van der Waals surface area contributed by atoms with Crippen molar-refractivity contribution in [2.45, 2.75) is 61.8 Å². The Bertz CT molecular complexity index is 2350. The van der Waals surface area contributed by atoms with E-state index in [1.54, 1.807) is 34.7 Å². The van der Waals surface area contributed by atoms with Gasteiger partial charge in [0.15, 0.2) is 17.5 Å². The number of carbonyl (C=O) groups excluding carboxylic acids is 6. The number of Topliss-reactive ketones (excluding diaryl/α,β-unsaturated/α-hetero) is 1. The first-order valence-corrected chi connectivity index (χ1v) is 18.2. The van der Waals surface area contributed by atoms with Crippen molar-refractivity contribution in [3.05, 3.63) is 44.5 Å². The number of hydrazine groups is 1. The van der Waals surface area contributed by atoms with Gasteiger partial charge in [0.05, 0.1) is 4.91 Å². The lowest BCUT2D eigenvalue weighted by atomic mass is 10.1. The summed E-state index contributed by atoms with van der Waals surface area (Å²) in [7, 11) is 3.09. The monoisotopic (exact) mass is 931 g/mol. The second kappa shape index (κ2) is 29.8. The predicted octanol–water partition coefficient (Wildman–Crippen LogP) is -5.00. The molecule has 0 bridgehead atoms. The molecule has 0 radical (unpaired) electrons. The van der Waals surface area contributed by atoms with E-state index in [4.69, 9.17) is 0 Å². The lowest BCUT2D eigenvalue weighted by molar-refractivity contribution is -0.580. The first-order chi connectivity index (χ1) is 31.2. The number of anilines is 1. The molecule has 6 aromatic heterocycles. The van der Waals surface area contributed by atoms with Gasteiger partial charge in [-0.2, -0.15) is 35.6 Å². The van der Waals surface area contributed by atoms with Crippen molar-refractivity contribution in [1.82, 2.24) is 139 Å². The van der Waals surface area contributed by atoms with Crippen LogP contribution in [-0.2, 0) is 26.2 Å². The number of imide groups is 2. The number of hydrogen-bond acceptors (Lipinski definition) is 25. The summed E-state index contributed by atoms with van der Waals surface area (Å²) in [6, 6.07) is -0.310. The molecule has 1 atom stereocenters. The summed E-state index contributed by atoms with van der Waals surface area (Å²) >= 11 is 0. The van der Waals surface area contributed by atoms with Gasteiger partial charge >= 0.3 is 18.4 Å². The molecular formula is C28H47N30O8+. The number of hydrogen-bond donors (Lipinski definition) is 10. The number of amides is 6. The quantitative estimate of drug-likeness (QED) is 0.0336. The van der Waals surface area contributed by atoms with Gasteiger partial charge < -0.3 is 4.90 Å². The maximum Gasteiger partial charge on any atom is 0.360 e. The number of ketones is 1. The van der Waals surface area contributed by atoms with E-state index < -0.39 is 0 Å². The summed E-state index contributed by atoms with van der Waals surface area (Å²) in [5.74, 6) is 3.02. The van der Waals surface area contributed by atoms with Crippen molar-refractivity contribution in [2.24, 2.45) is 18.0 Å². The van der Waals surface area contributed by atoms with Crippen LogP contribution in [0.1, 0.15) is 68.0 Å². The number of amidine groups is 1. The van der Waals surface area contributed by atoms with E-state index in [0.29, 0.717) is 28.8 Å². The smallest absolute Gasteiger partial charge is 0.318 e. The normalized spacial score (nSPS) is 13.7. The molecule has 3 aliphatic heterocycles. The third-order valence-corrected chi connectivity index (χ3v) is 6.42. The number of nitrogens with one attached hydrogen (secondary N) is 10. The van der Waals surface area contributed by atoms with E-state index in [2.05, 4.69) is 140 Å². The molecule has 6 aromatic rings. The average Bonchev–Trinajstić information content (AvgIpc) is 4.09. The van der Waals surface area contributed by atoms with Crippen LogP contribution >= 0.6 is 0 Å². The molecule has 38 heteroatoms. The molecule has 3 aliphatic rings. The zero-order valence-corrected chi connectivity index (χ0v) is 36.9. The SMILES string of the molecule is CC(=O)Nc1nn[nH]n1.CC(=O)c1nn[nH]n1.CC1=NC[N+](=O)N1.CC1CC(=O)NC1=O.CN1CC(=O)NC1=O.Cc1n[nH]c(C)n1.Cc1nn[nH]n1.Cc1nn[nH]n1.Cn1nn[nH]c1=O. The minimum Gasteiger partial charge on any atom is -0.318 e. The highest BCUT2D eigenvalue weighted by Gasteiger charge is 2.25. The van der Waals surface area contributed by atoms with E-state index in [1.165, 1.54) is 25.8 Å². The van der Waals surface area contributed by atoms with Crippen molar-refractivity contribution < 1.29 is 33.6 Å². The third kappa shape index (κ3) is 25.4. The maximum atomic E-state index is 10.5. The summed E-state index contributed by atoms with van der Waals surface area (Å²) in [4.78, 5) is 92.1. The second-order valence-electron chi connectivity index (χ2n) is 12.3. The zero-order chi connectivity index (χ0) is 49.6. The van der Waals surface area contributed by atoms with Crippen LogP contribution in [0.5, 0.6) is 0 Å². The first-order valence-electron chi connectivity index (χ1n) is 18.2. The highest BCUT2D eigenvalue weighted by molar-refractivity contribution is 6.03. The zero-order valence-electron chi connectivity index (χ0n) is 36.9. The molecule has 0 saturated carbocycles. The Hall–Kier alpha value is -9.42. The largest absolute Gasteiger partial charge is 0.360 e. The standard InChI is InChI=1S/C5H7NO2.C4H7N3.C4H6N2O2.C3H5N5O.C3H4N4O.C3H6N3O.C2H4N4O.2C2H4N4/c1-3-2-4(7)6-5(3)8;1-3-5-4(2)7-6-3;1-6-2-3(7)5-4(6)8;1-2(9)4-3-5-7-8-6-3;1-2(8)3-4-6-7-5-3;1-3-4-2-6(7)5-3;1-6-2(7)3-4-5-6;2*1-2-3-5-6-4-2/h3H,2H2,1H3,(H,6,7,8);1-2H3,(H,5,6,7);2H2,1H3,(H,5,7,8);1H3,(H2,4,5,6,7,8,9);1H3,(H,4,5,6,7);2H2,1H3,(H,4,5,7);1H3,(H,3,5,7);2*1H3,(H,3,4,5,6)/q;;;;;+1;;;. The third-order valence-electron chi connectivity index (χ3n) is 6.42. The van der Waals surface area contributed by atoms with Gasteiger partial charge in [0.2, 0.25) is 35.2 Å². The molecule has 2 fully saturated rings. The molecule has 9 rings (SSSR count). The lowest BCUT2D eigenvalue weighted by Crippen LogP contribution is -2.24. The molecular weight excluding hydrogens is 885 g/mol. The molecule has 356 valence electrons.